The van der Waals surface area contributed by atoms with Crippen molar-refractivity contribution >= 4 is 16.9 Å². The number of benzene rings is 1. The van der Waals surface area contributed by atoms with E-state index in [1.54, 1.807) is 11.7 Å². The van der Waals surface area contributed by atoms with Crippen LogP contribution in [-0.4, -0.2) is 27.7 Å². The van der Waals surface area contributed by atoms with Crippen molar-refractivity contribution in [2.75, 3.05) is 12.4 Å². The SMILES string of the molecule is CCCC(CCC)Nc1cc(C)nc2c1[nH]c(=O)n2-c1cccc(OC)c1. The molecule has 2 aromatic heterocycles. The summed E-state index contributed by atoms with van der Waals surface area (Å²) in [5, 5.41) is 3.63. The maximum Gasteiger partial charge on any atom is 0.332 e. The van der Waals surface area contributed by atoms with Crippen LogP contribution in [-0.2, 0) is 0 Å². The number of aromatic amines is 1. The minimum Gasteiger partial charge on any atom is -0.497 e. The quantitative estimate of drug-likeness (QED) is 0.618. The molecule has 3 aromatic rings. The Bertz CT molecular complexity index is 968. The smallest absolute Gasteiger partial charge is 0.332 e. The Kier molecular flexibility index (Phi) is 5.84. The average molecular weight is 368 g/mol. The molecule has 27 heavy (non-hydrogen) atoms. The molecule has 0 saturated carbocycles. The van der Waals surface area contributed by atoms with E-state index in [4.69, 9.17) is 4.74 Å². The molecule has 0 bridgehead atoms. The summed E-state index contributed by atoms with van der Waals surface area (Å²) < 4.78 is 6.90. The summed E-state index contributed by atoms with van der Waals surface area (Å²) in [5.41, 5.74) is 3.69. The average Bonchev–Trinajstić information content (AvgIpc) is 2.98. The fraction of sp³-hybridized carbons (Fsp3) is 0.429. The lowest BCUT2D eigenvalue weighted by atomic mass is 10.1. The lowest BCUT2D eigenvalue weighted by Crippen LogP contribution is -2.19. The number of anilines is 1. The topological polar surface area (TPSA) is 71.9 Å². The summed E-state index contributed by atoms with van der Waals surface area (Å²) in [6.07, 6.45) is 4.42. The van der Waals surface area contributed by atoms with Gasteiger partial charge in [0.05, 0.1) is 18.5 Å². The van der Waals surface area contributed by atoms with Crippen LogP contribution in [0, 0.1) is 6.92 Å². The number of aromatic nitrogens is 3. The van der Waals surface area contributed by atoms with Gasteiger partial charge in [-0.25, -0.2) is 14.3 Å². The number of aryl methyl sites for hydroxylation is 1. The normalized spacial score (nSPS) is 11.3. The molecule has 0 fully saturated rings. The van der Waals surface area contributed by atoms with Gasteiger partial charge in [-0.05, 0) is 38.0 Å². The summed E-state index contributed by atoms with van der Waals surface area (Å²) >= 11 is 0. The van der Waals surface area contributed by atoms with Gasteiger partial charge in [0, 0.05) is 17.8 Å². The zero-order chi connectivity index (χ0) is 19.4. The molecule has 6 nitrogen and oxygen atoms in total. The summed E-state index contributed by atoms with van der Waals surface area (Å²) in [7, 11) is 1.61. The number of imidazole rings is 1. The van der Waals surface area contributed by atoms with E-state index in [1.807, 2.05) is 37.3 Å². The molecule has 0 aliphatic rings. The number of ether oxygens (including phenoxy) is 1. The molecule has 0 unspecified atom stereocenters. The van der Waals surface area contributed by atoms with Gasteiger partial charge in [-0.3, -0.25) is 0 Å². The first-order chi connectivity index (χ1) is 13.1. The van der Waals surface area contributed by atoms with Crippen LogP contribution in [0.15, 0.2) is 35.1 Å². The summed E-state index contributed by atoms with van der Waals surface area (Å²) in [5.74, 6) is 0.700. The number of rotatable bonds is 8. The molecule has 0 amide bonds. The molecule has 0 atom stereocenters. The number of hydrogen-bond acceptors (Lipinski definition) is 4. The Balaban J connectivity index is 2.12. The first-order valence-corrected chi connectivity index (χ1v) is 9.60. The van der Waals surface area contributed by atoms with Crippen LogP contribution < -0.4 is 15.7 Å². The molecular weight excluding hydrogens is 340 g/mol. The third-order valence-electron chi connectivity index (χ3n) is 4.72. The van der Waals surface area contributed by atoms with E-state index in [-0.39, 0.29) is 5.69 Å². The fourth-order valence-corrected chi connectivity index (χ4v) is 3.51. The van der Waals surface area contributed by atoms with E-state index in [0.717, 1.165) is 48.3 Å². The van der Waals surface area contributed by atoms with Crippen LogP contribution in [0.2, 0.25) is 0 Å². The minimum atomic E-state index is -0.207. The minimum absolute atomic E-state index is 0.207. The van der Waals surface area contributed by atoms with Crippen molar-refractivity contribution in [2.24, 2.45) is 0 Å². The molecule has 1 aromatic carbocycles. The van der Waals surface area contributed by atoms with Gasteiger partial charge < -0.3 is 15.0 Å². The van der Waals surface area contributed by atoms with Crippen molar-refractivity contribution < 1.29 is 4.74 Å². The van der Waals surface area contributed by atoms with Crippen LogP contribution in [0.25, 0.3) is 16.9 Å². The Morgan fingerprint density at radius 1 is 1.22 bits per heavy atom. The maximum atomic E-state index is 12.7. The van der Waals surface area contributed by atoms with E-state index < -0.39 is 0 Å². The predicted octanol–water partition coefficient (Wildman–Crippen LogP) is 4.41. The molecule has 0 spiro atoms. The molecule has 0 aliphatic carbocycles. The molecule has 0 saturated heterocycles. The van der Waals surface area contributed by atoms with Crippen LogP contribution >= 0.6 is 0 Å². The van der Waals surface area contributed by atoms with Crippen molar-refractivity contribution in [3.8, 4) is 11.4 Å². The molecule has 0 radical (unpaired) electrons. The number of fused-ring (bicyclic) bond motifs is 1. The van der Waals surface area contributed by atoms with Crippen molar-refractivity contribution in [2.45, 2.75) is 52.5 Å². The number of nitrogens with one attached hydrogen (secondary N) is 2. The number of nitrogens with zero attached hydrogens (tertiary/aromatic N) is 2. The van der Waals surface area contributed by atoms with Crippen molar-refractivity contribution in [3.05, 3.63) is 46.5 Å². The fourth-order valence-electron chi connectivity index (χ4n) is 3.51. The van der Waals surface area contributed by atoms with Crippen molar-refractivity contribution in [1.29, 1.82) is 0 Å². The van der Waals surface area contributed by atoms with E-state index in [1.165, 1.54) is 0 Å². The largest absolute Gasteiger partial charge is 0.497 e. The van der Waals surface area contributed by atoms with Crippen LogP contribution in [0.5, 0.6) is 5.75 Å². The third-order valence-corrected chi connectivity index (χ3v) is 4.72. The highest BCUT2D eigenvalue weighted by atomic mass is 16.5. The van der Waals surface area contributed by atoms with Gasteiger partial charge >= 0.3 is 5.69 Å². The van der Waals surface area contributed by atoms with E-state index in [0.29, 0.717) is 17.4 Å². The lowest BCUT2D eigenvalue weighted by Gasteiger charge is -2.19. The molecule has 6 heteroatoms. The van der Waals surface area contributed by atoms with E-state index >= 15 is 0 Å². The molecule has 144 valence electrons. The monoisotopic (exact) mass is 368 g/mol. The van der Waals surface area contributed by atoms with Crippen molar-refractivity contribution in [3.63, 3.8) is 0 Å². The lowest BCUT2D eigenvalue weighted by molar-refractivity contribution is 0.414. The Hall–Kier alpha value is -2.76. The van der Waals surface area contributed by atoms with Crippen LogP contribution in [0.1, 0.15) is 45.2 Å². The van der Waals surface area contributed by atoms with Gasteiger partial charge in [-0.2, -0.15) is 0 Å². The maximum absolute atomic E-state index is 12.7. The highest BCUT2D eigenvalue weighted by molar-refractivity contribution is 5.87. The number of hydrogen-bond donors (Lipinski definition) is 2. The second-order valence-corrected chi connectivity index (χ2v) is 6.90. The second-order valence-electron chi connectivity index (χ2n) is 6.90. The van der Waals surface area contributed by atoms with Crippen molar-refractivity contribution in [1.82, 2.24) is 14.5 Å². The highest BCUT2D eigenvalue weighted by Crippen LogP contribution is 2.25. The Morgan fingerprint density at radius 3 is 2.63 bits per heavy atom. The molecule has 2 N–H and O–H groups in total. The van der Waals surface area contributed by atoms with Crippen LogP contribution in [0.3, 0.4) is 0 Å². The zero-order valence-corrected chi connectivity index (χ0v) is 16.5. The number of pyridine rings is 1. The summed E-state index contributed by atoms with van der Waals surface area (Å²) in [6, 6.07) is 9.83. The first kappa shape index (κ1) is 19.0. The summed E-state index contributed by atoms with van der Waals surface area (Å²) in [6.45, 7) is 6.34. The predicted molar refractivity (Wildman–Crippen MR) is 110 cm³/mol. The molecular formula is C21H28N4O2. The molecule has 2 heterocycles. The van der Waals surface area contributed by atoms with E-state index in [9.17, 15) is 4.79 Å². The number of methoxy groups -OCH3 is 1. The Morgan fingerprint density at radius 2 is 1.96 bits per heavy atom. The third kappa shape index (κ3) is 3.99. The molecule has 0 aliphatic heterocycles. The highest BCUT2D eigenvalue weighted by Gasteiger charge is 2.17. The Labute approximate surface area is 159 Å². The van der Waals surface area contributed by atoms with E-state index in [2.05, 4.69) is 29.1 Å². The van der Waals surface area contributed by atoms with Gasteiger partial charge in [-0.15, -0.1) is 0 Å². The van der Waals surface area contributed by atoms with Crippen LogP contribution in [0.4, 0.5) is 5.69 Å². The standard InChI is InChI=1S/C21H28N4O2/c1-5-8-15(9-6-2)23-18-12-14(3)22-20-19(18)24-21(26)25(20)16-10-7-11-17(13-16)27-4/h7,10-13,15H,5-6,8-9H2,1-4H3,(H,22,23)(H,24,26). The van der Waals surface area contributed by atoms with Gasteiger partial charge in [0.25, 0.3) is 0 Å². The van der Waals surface area contributed by atoms with Gasteiger partial charge in [-0.1, -0.05) is 32.8 Å². The summed E-state index contributed by atoms with van der Waals surface area (Å²) in [4.78, 5) is 20.4. The van der Waals surface area contributed by atoms with Gasteiger partial charge in [0.2, 0.25) is 0 Å². The van der Waals surface area contributed by atoms with Gasteiger partial charge in [0.15, 0.2) is 5.65 Å². The zero-order valence-electron chi connectivity index (χ0n) is 16.5. The first-order valence-electron chi connectivity index (χ1n) is 9.60. The number of H-pyrrole nitrogens is 1. The molecule has 3 rings (SSSR count). The van der Waals surface area contributed by atoms with Gasteiger partial charge in [0.1, 0.15) is 11.3 Å². The second kappa shape index (κ2) is 8.29.